The first kappa shape index (κ1) is 15.5. The molecule has 0 radical (unpaired) electrons. The number of sulfonamides is 1. The van der Waals surface area contributed by atoms with E-state index in [4.69, 9.17) is 4.74 Å². The topological polar surface area (TPSA) is 68.3 Å². The van der Waals surface area contributed by atoms with E-state index in [2.05, 4.69) is 9.71 Å². The highest BCUT2D eigenvalue weighted by atomic mass is 32.2. The number of aryl methyl sites for hydroxylation is 2. The molecule has 0 spiro atoms. The van der Waals surface area contributed by atoms with Gasteiger partial charge in [0.2, 0.25) is 10.0 Å². The van der Waals surface area contributed by atoms with E-state index in [9.17, 15) is 8.42 Å². The Morgan fingerprint density at radius 3 is 2.91 bits per heavy atom. The van der Waals surface area contributed by atoms with Gasteiger partial charge in [-0.2, -0.15) is 0 Å². The van der Waals surface area contributed by atoms with Crippen LogP contribution in [0.25, 0.3) is 0 Å². The monoisotopic (exact) mass is 338 g/mol. The molecule has 5 nitrogen and oxygen atoms in total. The number of fused-ring (bicyclic) bond motifs is 1. The molecule has 0 fully saturated rings. The molecule has 1 aliphatic heterocycles. The summed E-state index contributed by atoms with van der Waals surface area (Å²) in [6, 6.07) is 5.01. The van der Waals surface area contributed by atoms with Crippen molar-refractivity contribution in [3.05, 3.63) is 39.3 Å². The molecule has 0 unspecified atom stereocenters. The quantitative estimate of drug-likeness (QED) is 0.908. The molecule has 3 rings (SSSR count). The molecule has 0 bridgehead atoms. The fourth-order valence-corrected chi connectivity index (χ4v) is 4.37. The van der Waals surface area contributed by atoms with Crippen molar-refractivity contribution in [3.8, 4) is 5.75 Å². The summed E-state index contributed by atoms with van der Waals surface area (Å²) in [5, 5.41) is 0.958. The Morgan fingerprint density at radius 2 is 2.18 bits per heavy atom. The molecule has 0 saturated heterocycles. The fraction of sp³-hybridized carbons (Fsp3) is 0.400. The molecule has 2 aromatic rings. The van der Waals surface area contributed by atoms with Crippen molar-refractivity contribution in [1.29, 1.82) is 0 Å². The van der Waals surface area contributed by atoms with Crippen molar-refractivity contribution in [2.24, 2.45) is 0 Å². The number of nitrogens with zero attached hydrogens (tertiary/aromatic N) is 1. The van der Waals surface area contributed by atoms with Crippen LogP contribution in [-0.2, 0) is 22.9 Å². The van der Waals surface area contributed by atoms with Crippen LogP contribution in [0.1, 0.15) is 21.1 Å². The first-order chi connectivity index (χ1) is 10.5. The van der Waals surface area contributed by atoms with Crippen LogP contribution in [0.2, 0.25) is 0 Å². The molecule has 22 heavy (non-hydrogen) atoms. The Hall–Kier alpha value is -1.44. The van der Waals surface area contributed by atoms with E-state index in [1.54, 1.807) is 29.5 Å². The van der Waals surface area contributed by atoms with Crippen LogP contribution in [-0.4, -0.2) is 26.6 Å². The molecule has 1 aromatic carbocycles. The van der Waals surface area contributed by atoms with Crippen LogP contribution in [0.3, 0.4) is 0 Å². The van der Waals surface area contributed by atoms with Gasteiger partial charge in [0.15, 0.2) is 0 Å². The molecule has 0 atom stereocenters. The molecular weight excluding hydrogens is 320 g/mol. The lowest BCUT2D eigenvalue weighted by atomic mass is 10.2. The maximum Gasteiger partial charge on any atom is 0.240 e. The minimum atomic E-state index is -3.48. The van der Waals surface area contributed by atoms with Gasteiger partial charge in [-0.1, -0.05) is 0 Å². The number of rotatable bonds is 5. The highest BCUT2D eigenvalue weighted by Gasteiger charge is 2.19. The number of benzene rings is 1. The smallest absolute Gasteiger partial charge is 0.240 e. The predicted octanol–water partition coefficient (Wildman–Crippen LogP) is 2.22. The molecule has 1 aromatic heterocycles. The standard InChI is InChI=1S/C15H18N2O3S2/c1-10-11(2)21-15(17-10)5-7-16-22(18,19)13-3-4-14-12(9-13)6-8-20-14/h3-4,9,16H,5-8H2,1-2H3. The van der Waals surface area contributed by atoms with Gasteiger partial charge in [-0.05, 0) is 37.6 Å². The van der Waals surface area contributed by atoms with Crippen LogP contribution in [0.5, 0.6) is 5.75 Å². The summed E-state index contributed by atoms with van der Waals surface area (Å²) < 4.78 is 32.7. The second kappa shape index (κ2) is 5.98. The summed E-state index contributed by atoms with van der Waals surface area (Å²) in [5.41, 5.74) is 1.97. The Bertz CT molecular complexity index is 778. The van der Waals surface area contributed by atoms with Crippen LogP contribution in [0.4, 0.5) is 0 Å². The van der Waals surface area contributed by atoms with Gasteiger partial charge in [0.25, 0.3) is 0 Å². The normalized spacial score (nSPS) is 13.9. The summed E-state index contributed by atoms with van der Waals surface area (Å²) in [5.74, 6) is 0.785. The summed E-state index contributed by atoms with van der Waals surface area (Å²) in [4.78, 5) is 5.89. The average molecular weight is 338 g/mol. The number of nitrogens with one attached hydrogen (secondary N) is 1. The van der Waals surface area contributed by atoms with Crippen molar-refractivity contribution >= 4 is 21.4 Å². The Morgan fingerprint density at radius 1 is 1.36 bits per heavy atom. The number of hydrogen-bond donors (Lipinski definition) is 1. The minimum absolute atomic E-state index is 0.295. The summed E-state index contributed by atoms with van der Waals surface area (Å²) in [6.07, 6.45) is 1.36. The molecule has 0 amide bonds. The van der Waals surface area contributed by atoms with Gasteiger partial charge in [-0.3, -0.25) is 0 Å². The zero-order valence-corrected chi connectivity index (χ0v) is 14.2. The zero-order valence-electron chi connectivity index (χ0n) is 12.5. The number of ether oxygens (including phenoxy) is 1. The second-order valence-electron chi connectivity index (χ2n) is 5.26. The van der Waals surface area contributed by atoms with E-state index >= 15 is 0 Å². The molecule has 2 heterocycles. The van der Waals surface area contributed by atoms with Crippen LogP contribution >= 0.6 is 11.3 Å². The predicted molar refractivity (Wildman–Crippen MR) is 86.1 cm³/mol. The van der Waals surface area contributed by atoms with Crippen LogP contribution in [0.15, 0.2) is 23.1 Å². The zero-order chi connectivity index (χ0) is 15.7. The Balaban J connectivity index is 1.66. The van der Waals surface area contributed by atoms with Gasteiger partial charge in [0.05, 0.1) is 22.2 Å². The Labute approximate surface area is 134 Å². The lowest BCUT2D eigenvalue weighted by molar-refractivity contribution is 0.356. The minimum Gasteiger partial charge on any atom is -0.493 e. The van der Waals surface area contributed by atoms with E-state index in [1.165, 1.54) is 4.88 Å². The first-order valence-electron chi connectivity index (χ1n) is 7.14. The second-order valence-corrected chi connectivity index (χ2v) is 8.32. The summed E-state index contributed by atoms with van der Waals surface area (Å²) in [7, 11) is -3.48. The molecule has 7 heteroatoms. The fourth-order valence-electron chi connectivity index (χ4n) is 2.35. The van der Waals surface area contributed by atoms with E-state index in [-0.39, 0.29) is 0 Å². The lowest BCUT2D eigenvalue weighted by Gasteiger charge is -2.07. The van der Waals surface area contributed by atoms with Gasteiger partial charge < -0.3 is 4.74 Å². The SMILES string of the molecule is Cc1nc(CCNS(=O)(=O)c2ccc3c(c2)CCO3)sc1C. The first-order valence-corrected chi connectivity index (χ1v) is 9.44. The van der Waals surface area contributed by atoms with Crippen molar-refractivity contribution in [2.75, 3.05) is 13.2 Å². The maximum atomic E-state index is 12.3. The van der Waals surface area contributed by atoms with E-state index in [0.717, 1.165) is 28.4 Å². The van der Waals surface area contributed by atoms with Gasteiger partial charge in [-0.25, -0.2) is 18.1 Å². The third kappa shape index (κ3) is 3.16. The van der Waals surface area contributed by atoms with Crippen LogP contribution in [0, 0.1) is 13.8 Å². The average Bonchev–Trinajstić information content (AvgIpc) is 3.05. The maximum absolute atomic E-state index is 12.3. The summed E-state index contributed by atoms with van der Waals surface area (Å²) >= 11 is 1.61. The highest BCUT2D eigenvalue weighted by Crippen LogP contribution is 2.27. The van der Waals surface area contributed by atoms with Gasteiger partial charge in [0, 0.05) is 24.3 Å². The largest absolute Gasteiger partial charge is 0.493 e. The molecular formula is C15H18N2O3S2. The highest BCUT2D eigenvalue weighted by molar-refractivity contribution is 7.89. The molecule has 1 aliphatic rings. The van der Waals surface area contributed by atoms with Crippen molar-refractivity contribution in [1.82, 2.24) is 9.71 Å². The van der Waals surface area contributed by atoms with Crippen molar-refractivity contribution in [2.45, 2.75) is 31.6 Å². The van der Waals surface area contributed by atoms with Crippen molar-refractivity contribution in [3.63, 3.8) is 0 Å². The third-order valence-corrected chi connectivity index (χ3v) is 6.27. The van der Waals surface area contributed by atoms with E-state index in [1.807, 2.05) is 13.8 Å². The molecule has 1 N–H and O–H groups in total. The number of hydrogen-bond acceptors (Lipinski definition) is 5. The molecule has 118 valence electrons. The lowest BCUT2D eigenvalue weighted by Crippen LogP contribution is -2.26. The van der Waals surface area contributed by atoms with Gasteiger partial charge >= 0.3 is 0 Å². The van der Waals surface area contributed by atoms with E-state index in [0.29, 0.717) is 24.5 Å². The van der Waals surface area contributed by atoms with Gasteiger partial charge in [0.1, 0.15) is 5.75 Å². The van der Waals surface area contributed by atoms with E-state index < -0.39 is 10.0 Å². The number of thiazole rings is 1. The summed E-state index contributed by atoms with van der Waals surface area (Å²) in [6.45, 7) is 4.96. The Kier molecular flexibility index (Phi) is 4.20. The van der Waals surface area contributed by atoms with Gasteiger partial charge in [-0.15, -0.1) is 11.3 Å². The molecule has 0 aliphatic carbocycles. The van der Waals surface area contributed by atoms with Crippen molar-refractivity contribution < 1.29 is 13.2 Å². The number of aromatic nitrogens is 1. The molecule has 0 saturated carbocycles. The third-order valence-electron chi connectivity index (χ3n) is 3.67. The van der Waals surface area contributed by atoms with Crippen LogP contribution < -0.4 is 9.46 Å².